The van der Waals surface area contributed by atoms with Crippen LogP contribution in [0.1, 0.15) is 48.1 Å². The van der Waals surface area contributed by atoms with Crippen LogP contribution in [0.5, 0.6) is 0 Å². The summed E-state index contributed by atoms with van der Waals surface area (Å²) in [6.45, 7) is 8.62. The fraction of sp³-hybridized carbons (Fsp3) is 0.643. The number of ketones is 1. The molecule has 100 valence electrons. The summed E-state index contributed by atoms with van der Waals surface area (Å²) in [6.07, 6.45) is 1.20. The van der Waals surface area contributed by atoms with Gasteiger partial charge in [0, 0.05) is 23.6 Å². The summed E-state index contributed by atoms with van der Waals surface area (Å²) >= 11 is 5.90. The Morgan fingerprint density at radius 3 is 2.72 bits per heavy atom. The van der Waals surface area contributed by atoms with E-state index < -0.39 is 5.38 Å². The average Bonchev–Trinajstić information content (AvgIpc) is 2.82. The van der Waals surface area contributed by atoms with E-state index in [1.165, 1.54) is 0 Å². The molecule has 2 heterocycles. The first-order valence-electron chi connectivity index (χ1n) is 6.41. The molecule has 1 fully saturated rings. The van der Waals surface area contributed by atoms with Crippen LogP contribution in [0, 0.1) is 13.8 Å². The molecule has 0 N–H and O–H groups in total. The van der Waals surface area contributed by atoms with E-state index in [0.717, 1.165) is 30.0 Å². The predicted octanol–water partition coefficient (Wildman–Crippen LogP) is 3.26. The minimum Gasteiger partial charge on any atom is -0.376 e. The topological polar surface area (TPSA) is 31.2 Å². The molecule has 2 rings (SSSR count). The van der Waals surface area contributed by atoms with E-state index in [1.54, 1.807) is 6.92 Å². The zero-order valence-corrected chi connectivity index (χ0v) is 12.1. The third-order valence-corrected chi connectivity index (χ3v) is 3.98. The summed E-state index contributed by atoms with van der Waals surface area (Å²) in [5.74, 6) is 0.00239. The fourth-order valence-electron chi connectivity index (χ4n) is 2.81. The van der Waals surface area contributed by atoms with Gasteiger partial charge in [-0.05, 0) is 40.2 Å². The molecule has 18 heavy (non-hydrogen) atoms. The zero-order valence-electron chi connectivity index (χ0n) is 11.4. The summed E-state index contributed by atoms with van der Waals surface area (Å²) in [5.41, 5.74) is 2.86. The predicted molar refractivity (Wildman–Crippen MR) is 72.6 cm³/mol. The lowest BCUT2D eigenvalue weighted by Gasteiger charge is -2.20. The number of Topliss-reactive ketones (excluding diaryl/α,β-unsaturated/α-hetero) is 1. The van der Waals surface area contributed by atoms with Crippen LogP contribution in [-0.4, -0.2) is 28.4 Å². The van der Waals surface area contributed by atoms with Crippen LogP contribution in [0.25, 0.3) is 0 Å². The first kappa shape index (κ1) is 13.6. The summed E-state index contributed by atoms with van der Waals surface area (Å²) in [5, 5.41) is -0.476. The van der Waals surface area contributed by atoms with Crippen molar-refractivity contribution in [3.8, 4) is 0 Å². The maximum absolute atomic E-state index is 12.1. The van der Waals surface area contributed by atoms with Gasteiger partial charge in [-0.15, -0.1) is 11.6 Å². The molecule has 0 amide bonds. The number of hydrogen-bond acceptors (Lipinski definition) is 2. The largest absolute Gasteiger partial charge is 0.376 e. The van der Waals surface area contributed by atoms with Gasteiger partial charge < -0.3 is 9.30 Å². The van der Waals surface area contributed by atoms with Gasteiger partial charge in [0.15, 0.2) is 5.78 Å². The molecule has 0 saturated carbocycles. The zero-order chi connectivity index (χ0) is 13.4. The average molecular weight is 270 g/mol. The number of ether oxygens (including phenoxy) is 1. The Morgan fingerprint density at radius 2 is 2.22 bits per heavy atom. The van der Waals surface area contributed by atoms with Gasteiger partial charge in [-0.1, -0.05) is 0 Å². The third kappa shape index (κ3) is 2.21. The molecule has 3 atom stereocenters. The highest BCUT2D eigenvalue weighted by atomic mass is 35.5. The van der Waals surface area contributed by atoms with E-state index in [4.69, 9.17) is 16.3 Å². The van der Waals surface area contributed by atoms with Gasteiger partial charge >= 0.3 is 0 Å². The summed E-state index contributed by atoms with van der Waals surface area (Å²) in [4.78, 5) is 12.1. The van der Waals surface area contributed by atoms with Gasteiger partial charge in [0.05, 0.1) is 17.5 Å². The highest BCUT2D eigenvalue weighted by molar-refractivity contribution is 6.33. The highest BCUT2D eigenvalue weighted by Gasteiger charge is 2.29. The van der Waals surface area contributed by atoms with Crippen molar-refractivity contribution in [3.05, 3.63) is 23.0 Å². The molecule has 0 spiro atoms. The standard InChI is InChI=1S/C14H20ClNO2/c1-8-7-12(14(17)9(2)15)10(3)16(8)13-5-6-18-11(13)4/h7,9,11,13H,5-6H2,1-4H3. The quantitative estimate of drug-likeness (QED) is 0.623. The summed E-state index contributed by atoms with van der Waals surface area (Å²) in [6, 6.07) is 2.28. The molecule has 1 aromatic rings. The van der Waals surface area contributed by atoms with Crippen molar-refractivity contribution in [1.29, 1.82) is 0 Å². The van der Waals surface area contributed by atoms with E-state index in [2.05, 4.69) is 11.5 Å². The van der Waals surface area contributed by atoms with Crippen LogP contribution in [0.2, 0.25) is 0 Å². The molecule has 0 aromatic carbocycles. The van der Waals surface area contributed by atoms with E-state index in [1.807, 2.05) is 19.9 Å². The van der Waals surface area contributed by atoms with E-state index in [-0.39, 0.29) is 11.9 Å². The first-order valence-corrected chi connectivity index (χ1v) is 6.85. The molecule has 1 aromatic heterocycles. The second kappa shape index (κ2) is 5.06. The molecule has 4 heteroatoms. The lowest BCUT2D eigenvalue weighted by Crippen LogP contribution is -2.20. The van der Waals surface area contributed by atoms with Gasteiger partial charge in [0.1, 0.15) is 0 Å². The normalized spacial score (nSPS) is 25.4. The third-order valence-electron chi connectivity index (χ3n) is 3.78. The monoisotopic (exact) mass is 269 g/mol. The maximum atomic E-state index is 12.1. The van der Waals surface area contributed by atoms with Crippen LogP contribution >= 0.6 is 11.6 Å². The number of alkyl halides is 1. The van der Waals surface area contributed by atoms with Crippen LogP contribution in [0.3, 0.4) is 0 Å². The van der Waals surface area contributed by atoms with Crippen molar-refractivity contribution < 1.29 is 9.53 Å². The second-order valence-corrected chi connectivity index (χ2v) is 5.72. The Hall–Kier alpha value is -0.800. The van der Waals surface area contributed by atoms with Gasteiger partial charge in [0.25, 0.3) is 0 Å². The van der Waals surface area contributed by atoms with E-state index >= 15 is 0 Å². The first-order chi connectivity index (χ1) is 8.43. The second-order valence-electron chi connectivity index (χ2n) is 5.07. The molecule has 3 nitrogen and oxygen atoms in total. The Bertz CT molecular complexity index is 465. The van der Waals surface area contributed by atoms with Crippen molar-refractivity contribution in [1.82, 2.24) is 4.57 Å². The maximum Gasteiger partial charge on any atom is 0.182 e. The number of halogens is 1. The van der Waals surface area contributed by atoms with Crippen molar-refractivity contribution >= 4 is 17.4 Å². The number of rotatable bonds is 3. The molecular weight excluding hydrogens is 250 g/mol. The van der Waals surface area contributed by atoms with Gasteiger partial charge in [-0.3, -0.25) is 4.79 Å². The molecule has 0 aliphatic carbocycles. The van der Waals surface area contributed by atoms with Crippen LogP contribution in [0.15, 0.2) is 6.07 Å². The Balaban J connectivity index is 2.41. The molecule has 1 aliphatic heterocycles. The van der Waals surface area contributed by atoms with Crippen LogP contribution in [0.4, 0.5) is 0 Å². The summed E-state index contributed by atoms with van der Waals surface area (Å²) in [7, 11) is 0. The molecule has 1 saturated heterocycles. The van der Waals surface area contributed by atoms with Gasteiger partial charge in [-0.2, -0.15) is 0 Å². The lowest BCUT2D eigenvalue weighted by molar-refractivity contribution is 0.0988. The number of carbonyl (C=O) groups is 1. The molecule has 0 radical (unpaired) electrons. The molecule has 3 unspecified atom stereocenters. The minimum absolute atomic E-state index is 0.00239. The Morgan fingerprint density at radius 1 is 1.56 bits per heavy atom. The van der Waals surface area contributed by atoms with Crippen LogP contribution in [-0.2, 0) is 4.74 Å². The number of aryl methyl sites for hydroxylation is 1. The van der Waals surface area contributed by atoms with Gasteiger partial charge in [-0.25, -0.2) is 0 Å². The SMILES string of the molecule is Cc1cc(C(=O)C(C)Cl)c(C)n1C1CCOC1C. The van der Waals surface area contributed by atoms with Crippen molar-refractivity contribution in [2.45, 2.75) is 51.6 Å². The Labute approximate surface area is 113 Å². The minimum atomic E-state index is -0.476. The van der Waals surface area contributed by atoms with Gasteiger partial charge in [0.2, 0.25) is 0 Å². The van der Waals surface area contributed by atoms with E-state index in [0.29, 0.717) is 6.04 Å². The Kier molecular flexibility index (Phi) is 3.83. The van der Waals surface area contributed by atoms with Crippen molar-refractivity contribution in [3.63, 3.8) is 0 Å². The molecule has 0 bridgehead atoms. The number of nitrogens with zero attached hydrogens (tertiary/aromatic N) is 1. The van der Waals surface area contributed by atoms with Crippen molar-refractivity contribution in [2.24, 2.45) is 0 Å². The fourth-order valence-corrected chi connectivity index (χ4v) is 2.93. The molecular formula is C14H20ClNO2. The van der Waals surface area contributed by atoms with Crippen molar-refractivity contribution in [2.75, 3.05) is 6.61 Å². The molecule has 1 aliphatic rings. The lowest BCUT2D eigenvalue weighted by atomic mass is 10.1. The van der Waals surface area contributed by atoms with Crippen LogP contribution < -0.4 is 0 Å². The summed E-state index contributed by atoms with van der Waals surface area (Å²) < 4.78 is 7.84. The number of carbonyl (C=O) groups excluding carboxylic acids is 1. The van der Waals surface area contributed by atoms with E-state index in [9.17, 15) is 4.79 Å². The smallest absolute Gasteiger partial charge is 0.182 e. The number of hydrogen-bond donors (Lipinski definition) is 0. The number of aromatic nitrogens is 1. The highest BCUT2D eigenvalue weighted by Crippen LogP contribution is 2.31.